The number of carbonyl (C=O) groups excluding carboxylic acids is 2. The zero-order valence-corrected chi connectivity index (χ0v) is 19.6. The van der Waals surface area contributed by atoms with E-state index in [1.807, 2.05) is 12.1 Å². The van der Waals surface area contributed by atoms with Crippen LogP contribution in [0.2, 0.25) is 0 Å². The molecule has 0 radical (unpaired) electrons. The zero-order valence-electron chi connectivity index (χ0n) is 18.0. The van der Waals surface area contributed by atoms with Gasteiger partial charge in [0.25, 0.3) is 0 Å². The molecule has 0 aliphatic rings. The lowest BCUT2D eigenvalue weighted by molar-refractivity contribution is -0.115. The molecule has 1 aromatic heterocycles. The van der Waals surface area contributed by atoms with Crippen molar-refractivity contribution in [1.82, 2.24) is 10.2 Å². The number of benzene rings is 2. The Morgan fingerprint density at radius 2 is 1.81 bits per heavy atom. The van der Waals surface area contributed by atoms with E-state index in [1.54, 1.807) is 44.4 Å². The summed E-state index contributed by atoms with van der Waals surface area (Å²) in [6.45, 7) is 3.24. The van der Waals surface area contributed by atoms with Crippen molar-refractivity contribution in [2.75, 3.05) is 30.2 Å². The fourth-order valence-corrected chi connectivity index (χ4v) is 4.58. The summed E-state index contributed by atoms with van der Waals surface area (Å²) in [5.74, 6) is 0.814. The topological polar surface area (TPSA) is 114 Å². The molecule has 3 rings (SSSR count). The van der Waals surface area contributed by atoms with E-state index in [2.05, 4.69) is 26.1 Å². The number of methoxy groups -OCH3 is 2. The molecule has 1 unspecified atom stereocenters. The van der Waals surface area contributed by atoms with Crippen molar-refractivity contribution < 1.29 is 19.1 Å². The van der Waals surface area contributed by atoms with E-state index in [0.29, 0.717) is 32.3 Å². The molecule has 0 spiro atoms. The molecule has 9 nitrogen and oxygen atoms in total. The number of nitrogens with one attached hydrogen (secondary N) is 3. The third kappa shape index (κ3) is 6.34. The quantitative estimate of drug-likeness (QED) is 0.392. The highest BCUT2D eigenvalue weighted by Crippen LogP contribution is 2.33. The Hall–Kier alpha value is -3.31. The minimum absolute atomic E-state index is 0.143. The van der Waals surface area contributed by atoms with Crippen molar-refractivity contribution in [3.8, 4) is 11.5 Å². The molecule has 11 heteroatoms. The van der Waals surface area contributed by atoms with Gasteiger partial charge in [0.1, 0.15) is 11.5 Å². The number of amides is 2. The first-order chi connectivity index (χ1) is 15.4. The molecule has 1 atom stereocenters. The lowest BCUT2D eigenvalue weighted by atomic mass is 10.2. The van der Waals surface area contributed by atoms with E-state index in [0.717, 1.165) is 5.69 Å². The maximum atomic E-state index is 12.7. The Labute approximate surface area is 193 Å². The molecular weight excluding hydrogens is 450 g/mol. The van der Waals surface area contributed by atoms with Gasteiger partial charge in [-0.15, -0.1) is 10.2 Å². The highest BCUT2D eigenvalue weighted by Gasteiger charge is 2.19. The maximum absolute atomic E-state index is 12.7. The van der Waals surface area contributed by atoms with Gasteiger partial charge < -0.3 is 25.4 Å². The number of ether oxygens (including phenoxy) is 2. The Balaban J connectivity index is 1.61. The highest BCUT2D eigenvalue weighted by molar-refractivity contribution is 8.02. The molecule has 0 aliphatic heterocycles. The monoisotopic (exact) mass is 473 g/mol. The number of carbonyl (C=O) groups is 2. The second kappa shape index (κ2) is 10.8. The molecule has 32 heavy (non-hydrogen) atoms. The predicted molar refractivity (Wildman–Crippen MR) is 127 cm³/mol. The van der Waals surface area contributed by atoms with Crippen molar-refractivity contribution in [1.29, 1.82) is 0 Å². The van der Waals surface area contributed by atoms with Crippen LogP contribution in [0.25, 0.3) is 0 Å². The number of anilines is 4. The number of hydrogen-bond acceptors (Lipinski definition) is 9. The van der Waals surface area contributed by atoms with Crippen LogP contribution in [0.1, 0.15) is 13.8 Å². The number of nitrogens with zero attached hydrogens (tertiary/aromatic N) is 2. The number of hydrogen-bond donors (Lipinski definition) is 3. The summed E-state index contributed by atoms with van der Waals surface area (Å²) >= 11 is 2.63. The van der Waals surface area contributed by atoms with Crippen LogP contribution in [-0.2, 0) is 9.59 Å². The third-order valence-corrected chi connectivity index (χ3v) is 6.17. The lowest BCUT2D eigenvalue weighted by Gasteiger charge is -2.14. The molecule has 1 heterocycles. The molecule has 0 aliphatic carbocycles. The molecule has 0 fully saturated rings. The van der Waals surface area contributed by atoms with Crippen molar-refractivity contribution in [2.24, 2.45) is 0 Å². The van der Waals surface area contributed by atoms with Gasteiger partial charge in [0.05, 0.1) is 25.2 Å². The van der Waals surface area contributed by atoms with E-state index >= 15 is 0 Å². The van der Waals surface area contributed by atoms with Gasteiger partial charge in [0, 0.05) is 24.4 Å². The largest absolute Gasteiger partial charge is 0.497 e. The van der Waals surface area contributed by atoms with Crippen LogP contribution in [0.3, 0.4) is 0 Å². The van der Waals surface area contributed by atoms with E-state index in [-0.39, 0.29) is 11.8 Å². The normalized spacial score (nSPS) is 11.4. The SMILES string of the molecule is COc1ccc(OC)c(NC(=O)C(C)Sc2nnc(Nc3cccc(NC(C)=O)c3)s2)c1. The predicted octanol–water partition coefficient (Wildman–Crippen LogP) is 4.38. The average Bonchev–Trinajstić information content (AvgIpc) is 3.19. The zero-order chi connectivity index (χ0) is 23.1. The van der Waals surface area contributed by atoms with Gasteiger partial charge in [-0.3, -0.25) is 9.59 Å². The van der Waals surface area contributed by atoms with Crippen LogP contribution in [0, 0.1) is 0 Å². The van der Waals surface area contributed by atoms with Gasteiger partial charge in [0.2, 0.25) is 16.9 Å². The molecule has 3 aromatic rings. The molecular formula is C21H23N5O4S2. The first kappa shape index (κ1) is 23.4. The van der Waals surface area contributed by atoms with E-state index < -0.39 is 5.25 Å². The Bertz CT molecular complexity index is 1110. The highest BCUT2D eigenvalue weighted by atomic mass is 32.2. The summed E-state index contributed by atoms with van der Waals surface area (Å²) in [5.41, 5.74) is 1.97. The smallest absolute Gasteiger partial charge is 0.237 e. The Morgan fingerprint density at radius 1 is 1.03 bits per heavy atom. The van der Waals surface area contributed by atoms with Gasteiger partial charge in [-0.2, -0.15) is 0 Å². The van der Waals surface area contributed by atoms with Crippen molar-refractivity contribution in [2.45, 2.75) is 23.4 Å². The van der Waals surface area contributed by atoms with Gasteiger partial charge >= 0.3 is 0 Å². The van der Waals surface area contributed by atoms with Crippen LogP contribution in [0.15, 0.2) is 46.8 Å². The van der Waals surface area contributed by atoms with E-state index in [4.69, 9.17) is 9.47 Å². The first-order valence-electron chi connectivity index (χ1n) is 9.55. The molecule has 3 N–H and O–H groups in total. The number of thioether (sulfide) groups is 1. The third-order valence-electron chi connectivity index (χ3n) is 4.15. The standard InChI is InChI=1S/C21H23N5O4S2/c1-12(19(28)24-17-11-16(29-3)8-9-18(17)30-4)31-21-26-25-20(32-21)23-15-7-5-6-14(10-15)22-13(2)27/h5-12H,1-4H3,(H,22,27)(H,23,25)(H,24,28). The summed E-state index contributed by atoms with van der Waals surface area (Å²) in [6, 6.07) is 12.5. The summed E-state index contributed by atoms with van der Waals surface area (Å²) in [5, 5.41) is 17.2. The molecule has 168 valence electrons. The van der Waals surface area contributed by atoms with Crippen molar-refractivity contribution in [3.63, 3.8) is 0 Å². The second-order valence-electron chi connectivity index (χ2n) is 6.58. The summed E-state index contributed by atoms with van der Waals surface area (Å²) < 4.78 is 11.2. The fraction of sp³-hybridized carbons (Fsp3) is 0.238. The van der Waals surface area contributed by atoms with Crippen molar-refractivity contribution in [3.05, 3.63) is 42.5 Å². The maximum Gasteiger partial charge on any atom is 0.237 e. The van der Waals surface area contributed by atoms with Gasteiger partial charge in [-0.1, -0.05) is 29.2 Å². The first-order valence-corrected chi connectivity index (χ1v) is 11.2. The minimum atomic E-state index is -0.421. The van der Waals surface area contributed by atoms with Gasteiger partial charge in [-0.05, 0) is 37.3 Å². The van der Waals surface area contributed by atoms with Crippen LogP contribution >= 0.6 is 23.1 Å². The molecule has 0 bridgehead atoms. The lowest BCUT2D eigenvalue weighted by Crippen LogP contribution is -2.22. The molecule has 2 amide bonds. The van der Waals surface area contributed by atoms with Crippen molar-refractivity contribution >= 4 is 57.1 Å². The Morgan fingerprint density at radius 3 is 2.53 bits per heavy atom. The average molecular weight is 474 g/mol. The Kier molecular flexibility index (Phi) is 7.90. The van der Waals surface area contributed by atoms with Gasteiger partial charge in [-0.25, -0.2) is 0 Å². The van der Waals surface area contributed by atoms with Crippen LogP contribution in [0.4, 0.5) is 22.2 Å². The van der Waals surface area contributed by atoms with E-state index in [1.165, 1.54) is 37.1 Å². The van der Waals surface area contributed by atoms with Crippen LogP contribution < -0.4 is 25.4 Å². The van der Waals surface area contributed by atoms with Crippen LogP contribution in [-0.4, -0.2) is 41.5 Å². The molecule has 2 aromatic carbocycles. The fourth-order valence-electron chi connectivity index (χ4n) is 2.66. The number of rotatable bonds is 9. The van der Waals surface area contributed by atoms with E-state index in [9.17, 15) is 9.59 Å². The summed E-state index contributed by atoms with van der Waals surface area (Å²) in [4.78, 5) is 23.9. The summed E-state index contributed by atoms with van der Waals surface area (Å²) in [6.07, 6.45) is 0. The second-order valence-corrected chi connectivity index (χ2v) is 9.14. The van der Waals surface area contributed by atoms with Crippen LogP contribution in [0.5, 0.6) is 11.5 Å². The molecule has 0 saturated carbocycles. The minimum Gasteiger partial charge on any atom is -0.497 e. The number of aromatic nitrogens is 2. The summed E-state index contributed by atoms with van der Waals surface area (Å²) in [7, 11) is 3.10. The molecule has 0 saturated heterocycles. The van der Waals surface area contributed by atoms with Gasteiger partial charge in [0.15, 0.2) is 4.34 Å².